The van der Waals surface area contributed by atoms with Crippen LogP contribution in [0.25, 0.3) is 0 Å². The Morgan fingerprint density at radius 3 is 2.64 bits per heavy atom. The average molecular weight is 361 g/mol. The Bertz CT molecular complexity index is 816. The molecule has 2 N–H and O–H groups in total. The van der Waals surface area contributed by atoms with Gasteiger partial charge in [-0.15, -0.1) is 0 Å². The van der Waals surface area contributed by atoms with E-state index < -0.39 is 16.1 Å². The van der Waals surface area contributed by atoms with Gasteiger partial charge >= 0.3 is 0 Å². The van der Waals surface area contributed by atoms with Crippen LogP contribution in [0.1, 0.15) is 30.1 Å². The molecule has 0 radical (unpaired) electrons. The topological polar surface area (TPSA) is 82.5 Å². The second kappa shape index (κ2) is 7.51. The Morgan fingerprint density at radius 2 is 2.00 bits per heavy atom. The number of rotatable bonds is 6. The predicted octanol–water partition coefficient (Wildman–Crippen LogP) is 2.32. The van der Waals surface area contributed by atoms with Gasteiger partial charge in [-0.2, -0.15) is 4.31 Å². The zero-order valence-corrected chi connectivity index (χ0v) is 15.0. The largest absolute Gasteiger partial charge is 0.387 e. The second-order valence-corrected chi connectivity index (χ2v) is 8.24. The maximum absolute atomic E-state index is 12.5. The fourth-order valence-corrected chi connectivity index (χ4v) is 4.37. The highest BCUT2D eigenvalue weighted by Gasteiger charge is 2.27. The second-order valence-electron chi connectivity index (χ2n) is 6.30. The summed E-state index contributed by atoms with van der Waals surface area (Å²) in [6.07, 6.45) is 2.52. The summed E-state index contributed by atoms with van der Waals surface area (Å²) >= 11 is 0. The van der Waals surface area contributed by atoms with Crippen molar-refractivity contribution < 1.29 is 13.5 Å². The molecule has 0 bridgehead atoms. The van der Waals surface area contributed by atoms with Gasteiger partial charge in [0.15, 0.2) is 0 Å². The number of anilines is 1. The smallest absolute Gasteiger partial charge is 0.244 e. The van der Waals surface area contributed by atoms with Crippen LogP contribution < -0.4 is 5.32 Å². The molecular formula is C18H23N3O3S. The highest BCUT2D eigenvalue weighted by molar-refractivity contribution is 7.89. The molecule has 1 aromatic carbocycles. The highest BCUT2D eigenvalue weighted by Crippen LogP contribution is 2.21. The summed E-state index contributed by atoms with van der Waals surface area (Å²) in [4.78, 5) is 4.38. The van der Waals surface area contributed by atoms with Crippen molar-refractivity contribution in [1.82, 2.24) is 9.29 Å². The van der Waals surface area contributed by atoms with E-state index in [1.807, 2.05) is 31.2 Å². The molecule has 0 spiro atoms. The molecule has 6 nitrogen and oxygen atoms in total. The van der Waals surface area contributed by atoms with E-state index in [0.717, 1.165) is 24.0 Å². The monoisotopic (exact) mass is 361 g/mol. The number of hydrogen-bond acceptors (Lipinski definition) is 5. The number of aromatic nitrogens is 1. The lowest BCUT2D eigenvalue weighted by molar-refractivity contribution is 0.191. The number of aliphatic hydroxyl groups excluding tert-OH is 1. The van der Waals surface area contributed by atoms with Crippen molar-refractivity contribution in [3.05, 3.63) is 53.7 Å². The van der Waals surface area contributed by atoms with Gasteiger partial charge in [0.05, 0.1) is 6.10 Å². The van der Waals surface area contributed by atoms with Crippen molar-refractivity contribution in [3.63, 3.8) is 0 Å². The van der Waals surface area contributed by atoms with Crippen LogP contribution in [-0.4, -0.2) is 42.4 Å². The zero-order valence-electron chi connectivity index (χ0n) is 14.2. The highest BCUT2D eigenvalue weighted by atomic mass is 32.2. The van der Waals surface area contributed by atoms with Crippen LogP contribution in [0, 0.1) is 6.92 Å². The molecule has 1 unspecified atom stereocenters. The number of benzene rings is 1. The summed E-state index contributed by atoms with van der Waals surface area (Å²) in [6.45, 7) is 3.43. The van der Waals surface area contributed by atoms with E-state index in [1.165, 1.54) is 10.5 Å². The number of aliphatic hydroxyl groups is 1. The lowest BCUT2D eigenvalue weighted by atomic mass is 10.1. The van der Waals surface area contributed by atoms with Gasteiger partial charge in [0.1, 0.15) is 10.7 Å². The Labute approximate surface area is 148 Å². The van der Waals surface area contributed by atoms with Gasteiger partial charge in [-0.05, 0) is 37.5 Å². The number of nitrogens with zero attached hydrogens (tertiary/aromatic N) is 2. The van der Waals surface area contributed by atoms with Gasteiger partial charge < -0.3 is 10.4 Å². The SMILES string of the molecule is Cc1cccc(C(O)CNc2ccc(S(=O)(=O)N3CCCC3)cn2)c1. The first-order chi connectivity index (χ1) is 12.0. The quantitative estimate of drug-likeness (QED) is 0.825. The van der Waals surface area contributed by atoms with Crippen LogP contribution >= 0.6 is 0 Å². The average Bonchev–Trinajstić information content (AvgIpc) is 3.15. The standard InChI is InChI=1S/C18H23N3O3S/c1-14-5-4-6-15(11-14)17(22)13-20-18-8-7-16(12-19-18)25(23,24)21-9-2-3-10-21/h4-8,11-12,17,22H,2-3,9-10,13H2,1H3,(H,19,20). The van der Waals surface area contributed by atoms with Crippen LogP contribution in [-0.2, 0) is 10.0 Å². The maximum atomic E-state index is 12.5. The van der Waals surface area contributed by atoms with Crippen LogP contribution in [0.3, 0.4) is 0 Å². The first-order valence-corrected chi connectivity index (χ1v) is 9.85. The molecule has 2 aromatic rings. The molecule has 2 heterocycles. The molecule has 7 heteroatoms. The first-order valence-electron chi connectivity index (χ1n) is 8.41. The number of pyridine rings is 1. The molecular weight excluding hydrogens is 338 g/mol. The molecule has 1 aliphatic rings. The lowest BCUT2D eigenvalue weighted by Gasteiger charge is -2.16. The Morgan fingerprint density at radius 1 is 1.24 bits per heavy atom. The fourth-order valence-electron chi connectivity index (χ4n) is 2.91. The van der Waals surface area contributed by atoms with E-state index in [1.54, 1.807) is 12.1 Å². The minimum absolute atomic E-state index is 0.208. The molecule has 1 aliphatic heterocycles. The predicted molar refractivity (Wildman–Crippen MR) is 96.9 cm³/mol. The van der Waals surface area contributed by atoms with Gasteiger partial charge in [0.2, 0.25) is 10.0 Å². The minimum Gasteiger partial charge on any atom is -0.387 e. The summed E-state index contributed by atoms with van der Waals surface area (Å²) in [7, 11) is -3.44. The van der Waals surface area contributed by atoms with Crippen molar-refractivity contribution in [2.75, 3.05) is 25.0 Å². The summed E-state index contributed by atoms with van der Waals surface area (Å²) in [5.74, 6) is 0.534. The lowest BCUT2D eigenvalue weighted by Crippen LogP contribution is -2.28. The number of nitrogens with one attached hydrogen (secondary N) is 1. The summed E-state index contributed by atoms with van der Waals surface area (Å²) < 4.78 is 26.4. The van der Waals surface area contributed by atoms with E-state index in [0.29, 0.717) is 25.5 Å². The molecule has 3 rings (SSSR count). The Balaban J connectivity index is 1.63. The molecule has 1 aromatic heterocycles. The third-order valence-corrected chi connectivity index (χ3v) is 6.22. The summed E-state index contributed by atoms with van der Waals surface area (Å²) in [5.41, 5.74) is 1.92. The summed E-state index contributed by atoms with van der Waals surface area (Å²) in [6, 6.07) is 10.9. The van der Waals surface area contributed by atoms with Crippen LogP contribution in [0.5, 0.6) is 0 Å². The van der Waals surface area contributed by atoms with E-state index in [9.17, 15) is 13.5 Å². The van der Waals surface area contributed by atoms with E-state index in [4.69, 9.17) is 0 Å². The van der Waals surface area contributed by atoms with Crippen LogP contribution in [0.4, 0.5) is 5.82 Å². The maximum Gasteiger partial charge on any atom is 0.244 e. The van der Waals surface area contributed by atoms with Gasteiger partial charge in [-0.25, -0.2) is 13.4 Å². The molecule has 134 valence electrons. The number of hydrogen-bond donors (Lipinski definition) is 2. The molecule has 1 saturated heterocycles. The first kappa shape index (κ1) is 17.8. The summed E-state index contributed by atoms with van der Waals surface area (Å²) in [5, 5.41) is 13.3. The number of aryl methyl sites for hydroxylation is 1. The van der Waals surface area contributed by atoms with Crippen LogP contribution in [0.2, 0.25) is 0 Å². The normalized spacial score (nSPS) is 16.7. The van der Waals surface area contributed by atoms with E-state index in [2.05, 4.69) is 10.3 Å². The Hall–Kier alpha value is -1.96. The van der Waals surface area contributed by atoms with Crippen molar-refractivity contribution >= 4 is 15.8 Å². The molecule has 1 fully saturated rings. The fraction of sp³-hybridized carbons (Fsp3) is 0.389. The third-order valence-electron chi connectivity index (χ3n) is 4.34. The van der Waals surface area contributed by atoms with E-state index in [-0.39, 0.29) is 4.90 Å². The Kier molecular flexibility index (Phi) is 5.36. The van der Waals surface area contributed by atoms with E-state index >= 15 is 0 Å². The van der Waals surface area contributed by atoms with Crippen LogP contribution in [0.15, 0.2) is 47.5 Å². The number of sulfonamides is 1. The van der Waals surface area contributed by atoms with Crippen molar-refractivity contribution in [2.24, 2.45) is 0 Å². The van der Waals surface area contributed by atoms with Gasteiger partial charge in [-0.1, -0.05) is 29.8 Å². The molecule has 1 atom stereocenters. The molecule has 25 heavy (non-hydrogen) atoms. The molecule has 0 saturated carbocycles. The van der Waals surface area contributed by atoms with Crippen molar-refractivity contribution in [1.29, 1.82) is 0 Å². The van der Waals surface area contributed by atoms with Crippen molar-refractivity contribution in [3.8, 4) is 0 Å². The molecule has 0 amide bonds. The zero-order chi connectivity index (χ0) is 17.9. The van der Waals surface area contributed by atoms with Gasteiger partial charge in [0, 0.05) is 25.8 Å². The molecule has 0 aliphatic carbocycles. The minimum atomic E-state index is -3.44. The van der Waals surface area contributed by atoms with Gasteiger partial charge in [0.25, 0.3) is 0 Å². The van der Waals surface area contributed by atoms with Crippen molar-refractivity contribution in [2.45, 2.75) is 30.8 Å². The van der Waals surface area contributed by atoms with Gasteiger partial charge in [-0.3, -0.25) is 0 Å². The third kappa shape index (κ3) is 4.18.